The summed E-state index contributed by atoms with van der Waals surface area (Å²) in [5, 5.41) is 12.0. The first-order valence-electron chi connectivity index (χ1n) is 3.97. The van der Waals surface area contributed by atoms with Gasteiger partial charge in [0.05, 0.1) is 0 Å². The lowest BCUT2D eigenvalue weighted by atomic mass is 10.1. The SMILES string of the molecule is CNCCc1c(Br)ccc(O)c1F. The van der Waals surface area contributed by atoms with Crippen molar-refractivity contribution in [3.8, 4) is 5.75 Å². The first-order valence-corrected chi connectivity index (χ1v) is 4.76. The van der Waals surface area contributed by atoms with Crippen molar-refractivity contribution >= 4 is 15.9 Å². The Bertz CT molecular complexity index is 304. The molecule has 0 aromatic heterocycles. The molecule has 2 nitrogen and oxygen atoms in total. The minimum Gasteiger partial charge on any atom is -0.505 e. The van der Waals surface area contributed by atoms with Gasteiger partial charge in [0.1, 0.15) is 0 Å². The van der Waals surface area contributed by atoms with Crippen molar-refractivity contribution in [2.45, 2.75) is 6.42 Å². The average molecular weight is 248 g/mol. The normalized spacial score (nSPS) is 10.4. The van der Waals surface area contributed by atoms with E-state index in [1.54, 1.807) is 13.1 Å². The van der Waals surface area contributed by atoms with Crippen LogP contribution in [0.1, 0.15) is 5.56 Å². The minimum absolute atomic E-state index is 0.297. The van der Waals surface area contributed by atoms with Gasteiger partial charge in [-0.2, -0.15) is 0 Å². The van der Waals surface area contributed by atoms with Crippen LogP contribution < -0.4 is 5.32 Å². The van der Waals surface area contributed by atoms with E-state index in [2.05, 4.69) is 21.2 Å². The highest BCUT2D eigenvalue weighted by molar-refractivity contribution is 9.10. The van der Waals surface area contributed by atoms with Crippen molar-refractivity contribution in [1.29, 1.82) is 0 Å². The van der Waals surface area contributed by atoms with Crippen molar-refractivity contribution in [3.63, 3.8) is 0 Å². The molecule has 2 N–H and O–H groups in total. The number of likely N-dealkylation sites (N-methyl/N-ethyl adjacent to an activating group) is 1. The van der Waals surface area contributed by atoms with Crippen LogP contribution in [-0.4, -0.2) is 18.7 Å². The standard InChI is InChI=1S/C9H11BrFNO/c1-12-5-4-6-7(10)2-3-8(13)9(6)11/h2-3,12-13H,4-5H2,1H3. The van der Waals surface area contributed by atoms with E-state index in [9.17, 15) is 4.39 Å². The Kier molecular flexibility index (Phi) is 3.69. The van der Waals surface area contributed by atoms with Crippen molar-refractivity contribution in [2.75, 3.05) is 13.6 Å². The second-order valence-electron chi connectivity index (χ2n) is 2.71. The van der Waals surface area contributed by atoms with E-state index >= 15 is 0 Å². The maximum absolute atomic E-state index is 13.3. The lowest BCUT2D eigenvalue weighted by Crippen LogP contribution is -2.11. The fraction of sp³-hybridized carbons (Fsp3) is 0.333. The van der Waals surface area contributed by atoms with E-state index in [0.717, 1.165) is 0 Å². The summed E-state index contributed by atoms with van der Waals surface area (Å²) >= 11 is 3.23. The van der Waals surface area contributed by atoms with Gasteiger partial charge in [-0.1, -0.05) is 15.9 Å². The summed E-state index contributed by atoms with van der Waals surface area (Å²) in [6.45, 7) is 0.680. The van der Waals surface area contributed by atoms with Crippen molar-refractivity contribution in [1.82, 2.24) is 5.32 Å². The van der Waals surface area contributed by atoms with Crippen LogP contribution in [-0.2, 0) is 6.42 Å². The average Bonchev–Trinajstić information content (AvgIpc) is 2.12. The van der Waals surface area contributed by atoms with Gasteiger partial charge in [-0.05, 0) is 32.1 Å². The van der Waals surface area contributed by atoms with Gasteiger partial charge < -0.3 is 10.4 Å². The third-order valence-electron chi connectivity index (χ3n) is 1.79. The molecule has 1 rings (SSSR count). The molecule has 0 heterocycles. The monoisotopic (exact) mass is 247 g/mol. The van der Waals surface area contributed by atoms with Gasteiger partial charge in [0.15, 0.2) is 11.6 Å². The Balaban J connectivity index is 2.96. The molecule has 0 fully saturated rings. The van der Waals surface area contributed by atoms with Crippen molar-refractivity contribution in [3.05, 3.63) is 28.0 Å². The number of phenolic OH excluding ortho intramolecular Hbond substituents is 1. The van der Waals surface area contributed by atoms with Gasteiger partial charge in [-0.3, -0.25) is 0 Å². The summed E-state index contributed by atoms with van der Waals surface area (Å²) in [6.07, 6.45) is 0.553. The highest BCUT2D eigenvalue weighted by Crippen LogP contribution is 2.26. The van der Waals surface area contributed by atoms with Crippen molar-refractivity contribution < 1.29 is 9.50 Å². The molecule has 0 saturated carbocycles. The van der Waals surface area contributed by atoms with Gasteiger partial charge in [0, 0.05) is 10.0 Å². The molecule has 0 amide bonds. The van der Waals surface area contributed by atoms with E-state index in [1.165, 1.54) is 6.07 Å². The van der Waals surface area contributed by atoms with Crippen LogP contribution >= 0.6 is 15.9 Å². The second-order valence-corrected chi connectivity index (χ2v) is 3.57. The molecule has 0 saturated heterocycles. The molecule has 0 spiro atoms. The molecule has 0 aliphatic rings. The Labute approximate surface area is 84.9 Å². The summed E-state index contributed by atoms with van der Waals surface area (Å²) in [6, 6.07) is 2.98. The Morgan fingerprint density at radius 1 is 1.54 bits per heavy atom. The second kappa shape index (κ2) is 4.58. The van der Waals surface area contributed by atoms with Crippen LogP contribution in [0.3, 0.4) is 0 Å². The Hall–Kier alpha value is -0.610. The minimum atomic E-state index is -0.537. The summed E-state index contributed by atoms with van der Waals surface area (Å²) in [5.74, 6) is -0.834. The maximum Gasteiger partial charge on any atom is 0.169 e. The van der Waals surface area contributed by atoms with Crippen molar-refractivity contribution in [2.24, 2.45) is 0 Å². The quantitative estimate of drug-likeness (QED) is 0.858. The fourth-order valence-corrected chi connectivity index (χ4v) is 1.57. The van der Waals surface area contributed by atoms with Gasteiger partial charge in [0.25, 0.3) is 0 Å². The summed E-state index contributed by atoms with van der Waals surface area (Å²) in [4.78, 5) is 0. The van der Waals surface area contributed by atoms with Crippen LogP contribution in [0.4, 0.5) is 4.39 Å². The van der Waals surface area contributed by atoms with Crippen LogP contribution in [0.15, 0.2) is 16.6 Å². The molecule has 0 atom stereocenters. The zero-order chi connectivity index (χ0) is 9.84. The lowest BCUT2D eigenvalue weighted by Gasteiger charge is -2.06. The number of phenols is 1. The highest BCUT2D eigenvalue weighted by Gasteiger charge is 2.10. The molecule has 0 aliphatic heterocycles. The number of hydrogen-bond acceptors (Lipinski definition) is 2. The molecular weight excluding hydrogens is 237 g/mol. The fourth-order valence-electron chi connectivity index (χ4n) is 1.06. The maximum atomic E-state index is 13.3. The highest BCUT2D eigenvalue weighted by atomic mass is 79.9. The largest absolute Gasteiger partial charge is 0.505 e. The first kappa shape index (κ1) is 10.5. The molecule has 1 aromatic carbocycles. The van der Waals surface area contributed by atoms with Gasteiger partial charge in [-0.25, -0.2) is 4.39 Å². The lowest BCUT2D eigenvalue weighted by molar-refractivity contribution is 0.428. The van der Waals surface area contributed by atoms with Crippen LogP contribution in [0.2, 0.25) is 0 Å². The van der Waals surface area contributed by atoms with E-state index in [0.29, 0.717) is 23.0 Å². The van der Waals surface area contributed by atoms with Gasteiger partial charge in [-0.15, -0.1) is 0 Å². The molecular formula is C9H11BrFNO. The number of benzene rings is 1. The summed E-state index contributed by atoms with van der Waals surface area (Å²) in [7, 11) is 1.80. The molecule has 4 heteroatoms. The number of rotatable bonds is 3. The third kappa shape index (κ3) is 2.42. The smallest absolute Gasteiger partial charge is 0.169 e. The molecule has 72 valence electrons. The number of hydrogen-bond donors (Lipinski definition) is 2. The third-order valence-corrected chi connectivity index (χ3v) is 2.53. The molecule has 0 aliphatic carbocycles. The van der Waals surface area contributed by atoms with Crippen LogP contribution in [0, 0.1) is 5.82 Å². The predicted octanol–water partition coefficient (Wildman–Crippen LogP) is 2.06. The Morgan fingerprint density at radius 3 is 2.85 bits per heavy atom. The van der Waals surface area contributed by atoms with Gasteiger partial charge in [0.2, 0.25) is 0 Å². The summed E-state index contributed by atoms with van der Waals surface area (Å²) < 4.78 is 14.0. The molecule has 0 radical (unpaired) electrons. The number of aromatic hydroxyl groups is 1. The zero-order valence-corrected chi connectivity index (χ0v) is 8.86. The van der Waals surface area contributed by atoms with Crippen LogP contribution in [0.5, 0.6) is 5.75 Å². The summed E-state index contributed by atoms with van der Waals surface area (Å²) in [5.41, 5.74) is 0.509. The number of halogens is 2. The van der Waals surface area contributed by atoms with E-state index < -0.39 is 5.82 Å². The van der Waals surface area contributed by atoms with E-state index in [4.69, 9.17) is 5.11 Å². The zero-order valence-electron chi connectivity index (χ0n) is 7.27. The molecule has 0 unspecified atom stereocenters. The van der Waals surface area contributed by atoms with E-state index in [1.807, 2.05) is 0 Å². The van der Waals surface area contributed by atoms with Gasteiger partial charge >= 0.3 is 0 Å². The molecule has 0 bridgehead atoms. The van der Waals surface area contributed by atoms with Crippen LogP contribution in [0.25, 0.3) is 0 Å². The van der Waals surface area contributed by atoms with E-state index in [-0.39, 0.29) is 5.75 Å². The predicted molar refractivity (Wildman–Crippen MR) is 53.4 cm³/mol. The molecule has 1 aromatic rings. The molecule has 13 heavy (non-hydrogen) atoms. The Morgan fingerprint density at radius 2 is 2.23 bits per heavy atom. The topological polar surface area (TPSA) is 32.3 Å². The number of nitrogens with one attached hydrogen (secondary N) is 1. The first-order chi connectivity index (χ1) is 6.16.